The molecule has 2 rings (SSSR count). The fraction of sp³-hybridized carbons (Fsp3) is 0.533. The Morgan fingerprint density at radius 3 is 3.00 bits per heavy atom. The van der Waals surface area contributed by atoms with Gasteiger partial charge in [0.1, 0.15) is 0 Å². The van der Waals surface area contributed by atoms with E-state index in [0.29, 0.717) is 6.04 Å². The lowest BCUT2D eigenvalue weighted by Gasteiger charge is -2.28. The van der Waals surface area contributed by atoms with Crippen LogP contribution in [0.2, 0.25) is 0 Å². The summed E-state index contributed by atoms with van der Waals surface area (Å²) in [6.45, 7) is 2.85. The molecule has 1 N–H and O–H groups in total. The summed E-state index contributed by atoms with van der Waals surface area (Å²) in [7, 11) is 0. The number of hydrogen-bond acceptors (Lipinski definition) is 3. The van der Waals surface area contributed by atoms with Crippen molar-refractivity contribution in [1.82, 2.24) is 0 Å². The molecule has 1 fully saturated rings. The molecule has 0 radical (unpaired) electrons. The van der Waals surface area contributed by atoms with Gasteiger partial charge >= 0.3 is 0 Å². The van der Waals surface area contributed by atoms with E-state index in [4.69, 9.17) is 5.11 Å². The largest absolute Gasteiger partial charge is 0.396 e. The predicted molar refractivity (Wildman–Crippen MR) is 80.8 cm³/mol. The minimum absolute atomic E-state index is 0.101. The number of carbonyl (C=O) groups excluding carboxylic acids is 1. The number of anilines is 1. The summed E-state index contributed by atoms with van der Waals surface area (Å²) in [5.74, 6) is 0.101. The van der Waals surface area contributed by atoms with Gasteiger partial charge in [-0.3, -0.25) is 4.79 Å². The van der Waals surface area contributed by atoms with Gasteiger partial charge in [-0.2, -0.15) is 0 Å². The maximum absolute atomic E-state index is 11.8. The molecule has 1 aliphatic rings. The second-order valence-electron chi connectivity index (χ2n) is 5.07. The number of benzene rings is 1. The number of carbonyl (C=O) groups is 1. The fourth-order valence-electron chi connectivity index (χ4n) is 2.82. The maximum Gasteiger partial charge on any atom is 0.161 e. The first-order valence-electron chi connectivity index (χ1n) is 6.81. The molecule has 0 aromatic heterocycles. The van der Waals surface area contributed by atoms with Crippen molar-refractivity contribution in [1.29, 1.82) is 0 Å². The van der Waals surface area contributed by atoms with Gasteiger partial charge in [0.15, 0.2) is 5.78 Å². The van der Waals surface area contributed by atoms with Crippen molar-refractivity contribution in [2.24, 2.45) is 0 Å². The number of aliphatic hydroxyl groups is 1. The molecular weight excluding hydrogens is 306 g/mol. The normalized spacial score (nSPS) is 18.9. The van der Waals surface area contributed by atoms with E-state index in [1.165, 1.54) is 0 Å². The Hall–Kier alpha value is -0.870. The molecule has 0 amide bonds. The third-order valence-electron chi connectivity index (χ3n) is 3.72. The van der Waals surface area contributed by atoms with Crippen LogP contribution < -0.4 is 4.90 Å². The second kappa shape index (κ2) is 6.53. The molecule has 1 unspecified atom stereocenters. The first kappa shape index (κ1) is 14.5. The van der Waals surface area contributed by atoms with Gasteiger partial charge in [0.2, 0.25) is 0 Å². The van der Waals surface area contributed by atoms with Crippen molar-refractivity contribution >= 4 is 27.4 Å². The molecule has 104 valence electrons. The van der Waals surface area contributed by atoms with Gasteiger partial charge in [-0.1, -0.05) is 15.9 Å². The van der Waals surface area contributed by atoms with E-state index in [9.17, 15) is 4.79 Å². The molecule has 1 aliphatic heterocycles. The number of ketones is 1. The van der Waals surface area contributed by atoms with E-state index in [1.54, 1.807) is 6.92 Å². The summed E-state index contributed by atoms with van der Waals surface area (Å²) in [6, 6.07) is 6.37. The summed E-state index contributed by atoms with van der Waals surface area (Å²) in [4.78, 5) is 14.1. The maximum atomic E-state index is 11.8. The molecule has 19 heavy (non-hydrogen) atoms. The van der Waals surface area contributed by atoms with Gasteiger partial charge in [-0.05, 0) is 50.8 Å². The van der Waals surface area contributed by atoms with Crippen LogP contribution in [-0.2, 0) is 0 Å². The minimum Gasteiger partial charge on any atom is -0.396 e. The number of hydrogen-bond donors (Lipinski definition) is 1. The van der Waals surface area contributed by atoms with Crippen LogP contribution >= 0.6 is 15.9 Å². The van der Waals surface area contributed by atoms with Crippen LogP contribution in [0.25, 0.3) is 0 Å². The van der Waals surface area contributed by atoms with Crippen LogP contribution in [0.3, 0.4) is 0 Å². The Labute approximate surface area is 122 Å². The Morgan fingerprint density at radius 2 is 2.32 bits per heavy atom. The lowest BCUT2D eigenvalue weighted by Crippen LogP contribution is -2.30. The van der Waals surface area contributed by atoms with Gasteiger partial charge in [-0.15, -0.1) is 0 Å². The highest BCUT2D eigenvalue weighted by Gasteiger charge is 2.26. The van der Waals surface area contributed by atoms with Gasteiger partial charge in [0, 0.05) is 34.9 Å². The zero-order valence-electron chi connectivity index (χ0n) is 11.2. The van der Waals surface area contributed by atoms with Crippen molar-refractivity contribution in [3.8, 4) is 0 Å². The van der Waals surface area contributed by atoms with Crippen molar-refractivity contribution < 1.29 is 9.90 Å². The van der Waals surface area contributed by atoms with Gasteiger partial charge in [-0.25, -0.2) is 0 Å². The number of halogens is 1. The van der Waals surface area contributed by atoms with E-state index in [1.807, 2.05) is 18.2 Å². The van der Waals surface area contributed by atoms with Crippen LogP contribution in [-0.4, -0.2) is 30.1 Å². The van der Waals surface area contributed by atoms with E-state index in [2.05, 4.69) is 20.8 Å². The summed E-state index contributed by atoms with van der Waals surface area (Å²) in [6.07, 6.45) is 4.12. The zero-order valence-corrected chi connectivity index (χ0v) is 12.8. The van der Waals surface area contributed by atoms with Crippen molar-refractivity contribution in [2.75, 3.05) is 18.1 Å². The number of Topliss-reactive ketones (excluding diaryl/α,β-unsaturated/α-hetero) is 1. The van der Waals surface area contributed by atoms with Gasteiger partial charge < -0.3 is 10.0 Å². The summed E-state index contributed by atoms with van der Waals surface area (Å²) < 4.78 is 0.938. The van der Waals surface area contributed by atoms with E-state index in [0.717, 1.165) is 48.0 Å². The van der Waals surface area contributed by atoms with Crippen LogP contribution in [0.1, 0.15) is 43.0 Å². The molecule has 1 heterocycles. The van der Waals surface area contributed by atoms with Crippen molar-refractivity contribution in [3.05, 3.63) is 28.2 Å². The molecule has 0 spiro atoms. The molecule has 1 aromatic rings. The second-order valence-corrected chi connectivity index (χ2v) is 5.99. The first-order chi connectivity index (χ1) is 9.13. The predicted octanol–water partition coefficient (Wildman–Crippen LogP) is 3.39. The standard InChI is InChI=1S/C15H20BrNO2/c1-11(19)14-10-12(16)6-7-15(14)17-8-2-4-13(17)5-3-9-18/h6-7,10,13,18H,2-5,8-9H2,1H3. The smallest absolute Gasteiger partial charge is 0.161 e. The highest BCUT2D eigenvalue weighted by Crippen LogP contribution is 2.32. The minimum atomic E-state index is 0.101. The number of rotatable bonds is 5. The van der Waals surface area contributed by atoms with Gasteiger partial charge in [0.25, 0.3) is 0 Å². The molecule has 1 saturated heterocycles. The Morgan fingerprint density at radius 1 is 1.53 bits per heavy atom. The topological polar surface area (TPSA) is 40.5 Å². The molecule has 1 aromatic carbocycles. The molecule has 0 bridgehead atoms. The number of nitrogens with zero attached hydrogens (tertiary/aromatic N) is 1. The Kier molecular flexibility index (Phi) is 4.99. The lowest BCUT2D eigenvalue weighted by atomic mass is 10.1. The Bertz CT molecular complexity index is 461. The Balaban J connectivity index is 2.27. The monoisotopic (exact) mass is 325 g/mol. The first-order valence-corrected chi connectivity index (χ1v) is 7.60. The average molecular weight is 326 g/mol. The van der Waals surface area contributed by atoms with E-state index in [-0.39, 0.29) is 12.4 Å². The summed E-state index contributed by atoms with van der Waals surface area (Å²) in [5.41, 5.74) is 1.82. The van der Waals surface area contributed by atoms with E-state index >= 15 is 0 Å². The average Bonchev–Trinajstić information content (AvgIpc) is 2.84. The van der Waals surface area contributed by atoms with Crippen LogP contribution in [0.4, 0.5) is 5.69 Å². The van der Waals surface area contributed by atoms with Gasteiger partial charge in [0.05, 0.1) is 0 Å². The summed E-state index contributed by atoms with van der Waals surface area (Å²) in [5, 5.41) is 8.98. The summed E-state index contributed by atoms with van der Waals surface area (Å²) >= 11 is 3.43. The molecular formula is C15H20BrNO2. The SMILES string of the molecule is CC(=O)c1cc(Br)ccc1N1CCCC1CCCO. The highest BCUT2D eigenvalue weighted by atomic mass is 79.9. The lowest BCUT2D eigenvalue weighted by molar-refractivity contribution is 0.101. The molecule has 4 heteroatoms. The fourth-order valence-corrected chi connectivity index (χ4v) is 3.18. The van der Waals surface area contributed by atoms with Crippen LogP contribution in [0.5, 0.6) is 0 Å². The molecule has 0 aliphatic carbocycles. The van der Waals surface area contributed by atoms with Crippen LogP contribution in [0, 0.1) is 0 Å². The van der Waals surface area contributed by atoms with Crippen molar-refractivity contribution in [2.45, 2.75) is 38.6 Å². The molecule has 1 atom stereocenters. The third-order valence-corrected chi connectivity index (χ3v) is 4.21. The number of aliphatic hydroxyl groups excluding tert-OH is 1. The van der Waals surface area contributed by atoms with Crippen molar-refractivity contribution in [3.63, 3.8) is 0 Å². The molecule has 0 saturated carbocycles. The zero-order chi connectivity index (χ0) is 13.8. The third kappa shape index (κ3) is 3.37. The van der Waals surface area contributed by atoms with Crippen LogP contribution in [0.15, 0.2) is 22.7 Å². The molecule has 3 nitrogen and oxygen atoms in total. The van der Waals surface area contributed by atoms with E-state index < -0.39 is 0 Å². The quantitative estimate of drug-likeness (QED) is 0.843. The highest BCUT2D eigenvalue weighted by molar-refractivity contribution is 9.10.